The predicted molar refractivity (Wildman–Crippen MR) is 131 cm³/mol. The number of hydrogen-bond acceptors (Lipinski definition) is 3. The number of amides is 2. The summed E-state index contributed by atoms with van der Waals surface area (Å²) in [6.07, 6.45) is 2.15. The Balaban J connectivity index is 0.00000341. The highest BCUT2D eigenvalue weighted by Crippen LogP contribution is 2.22. The normalized spacial score (nSPS) is 13.1. The number of unbranched alkanes of at least 4 members (excludes halogenated alkanes) is 1. The van der Waals surface area contributed by atoms with Crippen molar-refractivity contribution in [3.63, 3.8) is 0 Å². The second-order valence-electron chi connectivity index (χ2n) is 7.08. The number of rotatable bonds is 9. The lowest BCUT2D eigenvalue weighted by Crippen LogP contribution is -2.38. The molecule has 0 atom stereocenters. The Kier molecular flexibility index (Phi) is 9.90. The van der Waals surface area contributed by atoms with Crippen molar-refractivity contribution in [1.82, 2.24) is 15.5 Å². The predicted octanol–water partition coefficient (Wildman–Crippen LogP) is 3.62. The zero-order chi connectivity index (χ0) is 21.3. The molecule has 166 valence electrons. The topological polar surface area (TPSA) is 73.8 Å². The van der Waals surface area contributed by atoms with Crippen LogP contribution < -0.4 is 10.6 Å². The van der Waals surface area contributed by atoms with Crippen molar-refractivity contribution >= 4 is 41.8 Å². The smallest absolute Gasteiger partial charge is 0.261 e. The first-order valence-corrected chi connectivity index (χ1v) is 10.3. The van der Waals surface area contributed by atoms with Crippen LogP contribution >= 0.6 is 24.0 Å². The lowest BCUT2D eigenvalue weighted by molar-refractivity contribution is 0.0652. The van der Waals surface area contributed by atoms with Crippen LogP contribution in [-0.4, -0.2) is 48.9 Å². The van der Waals surface area contributed by atoms with Crippen LogP contribution in [0.25, 0.3) is 0 Å². The quantitative estimate of drug-likeness (QED) is 0.168. The van der Waals surface area contributed by atoms with Crippen LogP contribution in [0.5, 0.6) is 0 Å². The Bertz CT molecular complexity index is 900. The summed E-state index contributed by atoms with van der Waals surface area (Å²) in [6, 6.07) is 13.5. The van der Waals surface area contributed by atoms with Crippen molar-refractivity contribution in [3.05, 3.63) is 71.0 Å². The molecule has 0 bridgehead atoms. The highest BCUT2D eigenvalue weighted by atomic mass is 127. The van der Waals surface area contributed by atoms with Crippen LogP contribution in [0.1, 0.15) is 46.0 Å². The number of guanidine groups is 1. The highest BCUT2D eigenvalue weighted by Gasteiger charge is 2.34. The average Bonchev–Trinajstić information content (AvgIpc) is 2.98. The first-order chi connectivity index (χ1) is 14.6. The van der Waals surface area contributed by atoms with Crippen molar-refractivity contribution in [2.75, 3.05) is 26.2 Å². The number of benzene rings is 2. The third kappa shape index (κ3) is 6.75. The van der Waals surface area contributed by atoms with Gasteiger partial charge >= 0.3 is 0 Å². The summed E-state index contributed by atoms with van der Waals surface area (Å²) >= 11 is 0. The van der Waals surface area contributed by atoms with E-state index in [9.17, 15) is 14.0 Å². The molecule has 8 heteroatoms. The zero-order valence-corrected chi connectivity index (χ0v) is 19.9. The van der Waals surface area contributed by atoms with Crippen LogP contribution in [0.4, 0.5) is 4.39 Å². The van der Waals surface area contributed by atoms with Gasteiger partial charge in [-0.05, 0) is 56.0 Å². The number of fused-ring (bicyclic) bond motifs is 1. The molecule has 0 aromatic heterocycles. The van der Waals surface area contributed by atoms with E-state index >= 15 is 0 Å². The molecule has 0 unspecified atom stereocenters. The number of nitrogens with zero attached hydrogens (tertiary/aromatic N) is 2. The van der Waals surface area contributed by atoms with Crippen LogP contribution in [0.2, 0.25) is 0 Å². The van der Waals surface area contributed by atoms with Gasteiger partial charge in [-0.3, -0.25) is 19.5 Å². The van der Waals surface area contributed by atoms with Gasteiger partial charge in [-0.1, -0.05) is 24.3 Å². The minimum absolute atomic E-state index is 0. The van der Waals surface area contributed by atoms with Gasteiger partial charge in [0.1, 0.15) is 5.82 Å². The van der Waals surface area contributed by atoms with Gasteiger partial charge in [0, 0.05) is 26.2 Å². The average molecular weight is 538 g/mol. The van der Waals surface area contributed by atoms with Gasteiger partial charge in [0.05, 0.1) is 11.1 Å². The third-order valence-electron chi connectivity index (χ3n) is 4.88. The molecular weight excluding hydrogens is 510 g/mol. The minimum Gasteiger partial charge on any atom is -0.357 e. The number of carbonyl (C=O) groups excluding carboxylic acids is 2. The Morgan fingerprint density at radius 2 is 1.71 bits per heavy atom. The Morgan fingerprint density at radius 3 is 2.35 bits per heavy atom. The summed E-state index contributed by atoms with van der Waals surface area (Å²) in [5.74, 6) is 0.0404. The molecule has 31 heavy (non-hydrogen) atoms. The van der Waals surface area contributed by atoms with Crippen LogP contribution in [0.3, 0.4) is 0 Å². The molecule has 0 saturated heterocycles. The monoisotopic (exact) mass is 538 g/mol. The first kappa shape index (κ1) is 24.8. The third-order valence-corrected chi connectivity index (χ3v) is 4.88. The second-order valence-corrected chi connectivity index (χ2v) is 7.08. The molecule has 2 amide bonds. The molecule has 1 heterocycles. The summed E-state index contributed by atoms with van der Waals surface area (Å²) < 4.78 is 13.2. The van der Waals surface area contributed by atoms with Crippen molar-refractivity contribution in [1.29, 1.82) is 0 Å². The molecular formula is C23H28FIN4O2. The molecule has 0 spiro atoms. The van der Waals surface area contributed by atoms with Crippen molar-refractivity contribution in [2.24, 2.45) is 4.99 Å². The summed E-state index contributed by atoms with van der Waals surface area (Å²) in [6.45, 7) is 4.35. The number of carbonyl (C=O) groups is 2. The van der Waals surface area contributed by atoms with Gasteiger partial charge in [-0.2, -0.15) is 0 Å². The SMILES string of the molecule is CCNC(=NCCCCN1C(=O)c2ccccc2C1=O)NCCc1cccc(F)c1.I. The molecule has 2 N–H and O–H groups in total. The molecule has 0 fully saturated rings. The number of imide groups is 1. The standard InChI is InChI=1S/C23H27FN4O2.HI/c1-2-25-23(27-14-12-17-8-7-9-18(24)16-17)26-13-5-6-15-28-21(29)19-10-3-4-11-20(19)22(28)30;/h3-4,7-11,16H,2,5-6,12-15H2,1H3,(H2,25,26,27);1H. The van der Waals surface area contributed by atoms with E-state index in [-0.39, 0.29) is 41.6 Å². The molecule has 2 aromatic rings. The van der Waals surface area contributed by atoms with E-state index in [0.717, 1.165) is 18.5 Å². The maximum absolute atomic E-state index is 13.2. The fourth-order valence-electron chi connectivity index (χ4n) is 3.37. The van der Waals surface area contributed by atoms with E-state index < -0.39 is 0 Å². The molecule has 0 radical (unpaired) electrons. The van der Waals surface area contributed by atoms with E-state index in [4.69, 9.17) is 0 Å². The van der Waals surface area contributed by atoms with Gasteiger partial charge in [0.15, 0.2) is 5.96 Å². The van der Waals surface area contributed by atoms with E-state index in [2.05, 4.69) is 15.6 Å². The van der Waals surface area contributed by atoms with E-state index in [0.29, 0.717) is 49.6 Å². The largest absolute Gasteiger partial charge is 0.357 e. The van der Waals surface area contributed by atoms with E-state index in [1.165, 1.54) is 17.0 Å². The Labute approximate surface area is 199 Å². The number of aliphatic imine (C=N–C) groups is 1. The second kappa shape index (κ2) is 12.4. The maximum atomic E-state index is 13.2. The van der Waals surface area contributed by atoms with Crippen molar-refractivity contribution in [3.8, 4) is 0 Å². The number of halogens is 2. The zero-order valence-electron chi connectivity index (χ0n) is 17.6. The lowest BCUT2D eigenvalue weighted by atomic mass is 10.1. The van der Waals surface area contributed by atoms with Crippen molar-refractivity contribution < 1.29 is 14.0 Å². The Morgan fingerprint density at radius 1 is 1.00 bits per heavy atom. The van der Waals surface area contributed by atoms with E-state index in [1.54, 1.807) is 30.3 Å². The molecule has 6 nitrogen and oxygen atoms in total. The summed E-state index contributed by atoms with van der Waals surface area (Å²) in [4.78, 5) is 30.6. The van der Waals surface area contributed by atoms with Gasteiger partial charge < -0.3 is 10.6 Å². The molecule has 3 rings (SSSR count). The van der Waals surface area contributed by atoms with Gasteiger partial charge in [0.25, 0.3) is 11.8 Å². The fourth-order valence-corrected chi connectivity index (χ4v) is 3.37. The van der Waals surface area contributed by atoms with Crippen LogP contribution in [0, 0.1) is 5.82 Å². The number of nitrogens with one attached hydrogen (secondary N) is 2. The molecule has 1 aliphatic heterocycles. The van der Waals surface area contributed by atoms with Crippen LogP contribution in [0.15, 0.2) is 53.5 Å². The molecule has 1 aliphatic rings. The van der Waals surface area contributed by atoms with E-state index in [1.807, 2.05) is 13.0 Å². The molecule has 0 aliphatic carbocycles. The molecule has 0 saturated carbocycles. The minimum atomic E-state index is -0.230. The fraction of sp³-hybridized carbons (Fsp3) is 0.348. The van der Waals surface area contributed by atoms with Gasteiger partial charge in [-0.15, -0.1) is 24.0 Å². The maximum Gasteiger partial charge on any atom is 0.261 e. The summed E-state index contributed by atoms with van der Waals surface area (Å²) in [5.41, 5.74) is 1.90. The summed E-state index contributed by atoms with van der Waals surface area (Å²) in [7, 11) is 0. The van der Waals surface area contributed by atoms with Gasteiger partial charge in [-0.25, -0.2) is 4.39 Å². The highest BCUT2D eigenvalue weighted by molar-refractivity contribution is 14.0. The summed E-state index contributed by atoms with van der Waals surface area (Å²) in [5, 5.41) is 6.43. The number of hydrogen-bond donors (Lipinski definition) is 2. The van der Waals surface area contributed by atoms with Crippen LogP contribution in [-0.2, 0) is 6.42 Å². The lowest BCUT2D eigenvalue weighted by Gasteiger charge is -2.14. The Hall–Kier alpha value is -2.49. The molecule has 2 aromatic carbocycles. The first-order valence-electron chi connectivity index (χ1n) is 10.3. The van der Waals surface area contributed by atoms with Crippen molar-refractivity contribution in [2.45, 2.75) is 26.2 Å². The van der Waals surface area contributed by atoms with Gasteiger partial charge in [0.2, 0.25) is 0 Å².